The lowest BCUT2D eigenvalue weighted by Gasteiger charge is -2.13. The van der Waals surface area contributed by atoms with Gasteiger partial charge in [0.05, 0.1) is 5.69 Å². The minimum absolute atomic E-state index is 0.313. The molecule has 1 aromatic heterocycles. The molecule has 2 aromatic rings. The Labute approximate surface area is 118 Å². The van der Waals surface area contributed by atoms with E-state index in [4.69, 9.17) is 12.6 Å². The van der Waals surface area contributed by atoms with Gasteiger partial charge in [-0.2, -0.15) is 0 Å². The molecule has 0 unspecified atom stereocenters. The van der Waals surface area contributed by atoms with Crippen molar-refractivity contribution in [2.24, 2.45) is 0 Å². The van der Waals surface area contributed by atoms with Crippen LogP contribution >= 0.6 is 0 Å². The zero-order valence-electron chi connectivity index (χ0n) is 11.2. The van der Waals surface area contributed by atoms with Gasteiger partial charge in [0.25, 0.3) is 0 Å². The quantitative estimate of drug-likeness (QED) is 0.737. The Balaban J connectivity index is 2.31. The summed E-state index contributed by atoms with van der Waals surface area (Å²) in [6, 6.07) is 8.37. The second-order valence-corrected chi connectivity index (χ2v) is 4.68. The maximum atomic E-state index is 13.4. The molecule has 4 heteroatoms. The molecule has 0 fully saturated rings. The minimum Gasteiger partial charge on any atom is -0.487 e. The summed E-state index contributed by atoms with van der Waals surface area (Å²) in [7, 11) is 6.19. The van der Waals surface area contributed by atoms with Gasteiger partial charge >= 0.3 is 0 Å². The van der Waals surface area contributed by atoms with Crippen LogP contribution in [0.2, 0.25) is 0 Å². The van der Waals surface area contributed by atoms with Gasteiger partial charge in [-0.1, -0.05) is 13.0 Å². The average Bonchev–Trinajstić information content (AvgIpc) is 2.63. The van der Waals surface area contributed by atoms with Gasteiger partial charge < -0.3 is 4.74 Å². The van der Waals surface area contributed by atoms with E-state index in [9.17, 15) is 4.39 Å². The fraction of sp³-hybridized carbons (Fsp3) is 0.188. The first-order chi connectivity index (χ1) is 9.70. The second kappa shape index (κ2) is 5.12. The number of aromatic nitrogens is 1. The molecule has 3 rings (SSSR count). The standard InChI is InChI=1S/C16H13BFNO/c1-2-13(17)16-11-4-3-7-19-14(11)9-20-15-8-10(18)5-6-12(15)16/h3-8H,2,9H2,1H3/b16-13-. The van der Waals surface area contributed by atoms with E-state index in [1.54, 1.807) is 12.3 Å². The number of hydrogen-bond acceptors (Lipinski definition) is 2. The summed E-state index contributed by atoms with van der Waals surface area (Å²) in [4.78, 5) is 4.34. The first kappa shape index (κ1) is 12.9. The fourth-order valence-electron chi connectivity index (χ4n) is 2.42. The summed E-state index contributed by atoms with van der Waals surface area (Å²) in [6.07, 6.45) is 2.43. The van der Waals surface area contributed by atoms with Gasteiger partial charge in [0.1, 0.15) is 26.0 Å². The SMILES string of the molecule is [B]/C(CC)=C1\c2ccc(F)cc2OCc2ncccc21. The predicted molar refractivity (Wildman–Crippen MR) is 77.0 cm³/mol. The molecule has 1 aliphatic rings. The second-order valence-electron chi connectivity index (χ2n) is 4.68. The fourth-order valence-corrected chi connectivity index (χ4v) is 2.42. The molecule has 0 amide bonds. The summed E-state index contributed by atoms with van der Waals surface area (Å²) in [5.74, 6) is 0.187. The highest BCUT2D eigenvalue weighted by atomic mass is 19.1. The number of fused-ring (bicyclic) bond motifs is 2. The summed E-state index contributed by atoms with van der Waals surface area (Å²) >= 11 is 0. The van der Waals surface area contributed by atoms with Crippen LogP contribution in [0.15, 0.2) is 42.0 Å². The molecule has 1 aliphatic heterocycles. The Morgan fingerprint density at radius 1 is 1.35 bits per heavy atom. The molecular formula is C16H13BFNO. The van der Waals surface area contributed by atoms with Crippen LogP contribution < -0.4 is 4.74 Å². The van der Waals surface area contributed by atoms with E-state index < -0.39 is 0 Å². The number of rotatable bonds is 1. The number of hydrogen-bond donors (Lipinski definition) is 0. The zero-order chi connectivity index (χ0) is 14.1. The van der Waals surface area contributed by atoms with Gasteiger partial charge in [0.15, 0.2) is 0 Å². The van der Waals surface area contributed by atoms with Crippen molar-refractivity contribution in [2.45, 2.75) is 20.0 Å². The van der Waals surface area contributed by atoms with Gasteiger partial charge in [-0.3, -0.25) is 4.98 Å². The van der Waals surface area contributed by atoms with E-state index in [1.807, 2.05) is 19.1 Å². The highest BCUT2D eigenvalue weighted by molar-refractivity contribution is 6.26. The molecule has 0 N–H and O–H groups in total. The molecule has 2 radical (unpaired) electrons. The maximum absolute atomic E-state index is 13.4. The molecular weight excluding hydrogens is 252 g/mol. The lowest BCUT2D eigenvalue weighted by Crippen LogP contribution is -1.99. The minimum atomic E-state index is -0.322. The topological polar surface area (TPSA) is 22.1 Å². The Morgan fingerprint density at radius 3 is 3.00 bits per heavy atom. The highest BCUT2D eigenvalue weighted by Crippen LogP contribution is 2.38. The number of ether oxygens (including phenoxy) is 1. The van der Waals surface area contributed by atoms with Crippen LogP contribution in [-0.4, -0.2) is 12.8 Å². The van der Waals surface area contributed by atoms with Gasteiger partial charge in [0, 0.05) is 23.4 Å². The first-order valence-corrected chi connectivity index (χ1v) is 6.56. The van der Waals surface area contributed by atoms with E-state index >= 15 is 0 Å². The lowest BCUT2D eigenvalue weighted by atomic mass is 9.81. The smallest absolute Gasteiger partial charge is 0.131 e. The van der Waals surface area contributed by atoms with Gasteiger partial charge in [0.2, 0.25) is 0 Å². The number of pyridine rings is 1. The third-order valence-corrected chi connectivity index (χ3v) is 3.44. The molecule has 98 valence electrons. The summed E-state index contributed by atoms with van der Waals surface area (Å²) < 4.78 is 19.1. The summed E-state index contributed by atoms with van der Waals surface area (Å²) in [5, 5.41) is 0. The number of halogens is 1. The Bertz CT molecular complexity index is 697. The monoisotopic (exact) mass is 265 g/mol. The third kappa shape index (κ3) is 2.11. The van der Waals surface area contributed by atoms with E-state index in [0.717, 1.165) is 27.9 Å². The largest absolute Gasteiger partial charge is 0.487 e. The normalized spacial score (nSPS) is 15.7. The van der Waals surface area contributed by atoms with Crippen molar-refractivity contribution in [3.63, 3.8) is 0 Å². The van der Waals surface area contributed by atoms with E-state index in [1.165, 1.54) is 12.1 Å². The number of allylic oxidation sites excluding steroid dienone is 1. The van der Waals surface area contributed by atoms with Crippen LogP contribution in [0.1, 0.15) is 30.2 Å². The van der Waals surface area contributed by atoms with Crippen molar-refractivity contribution in [2.75, 3.05) is 0 Å². The van der Waals surface area contributed by atoms with E-state index in [-0.39, 0.29) is 5.82 Å². The Morgan fingerprint density at radius 2 is 2.20 bits per heavy atom. The summed E-state index contributed by atoms with van der Waals surface area (Å²) in [6.45, 7) is 2.31. The van der Waals surface area contributed by atoms with Crippen LogP contribution in [0.4, 0.5) is 4.39 Å². The van der Waals surface area contributed by atoms with E-state index in [2.05, 4.69) is 4.98 Å². The third-order valence-electron chi connectivity index (χ3n) is 3.44. The maximum Gasteiger partial charge on any atom is 0.131 e. The Hall–Kier alpha value is -2.10. The van der Waals surface area contributed by atoms with Crippen molar-refractivity contribution >= 4 is 13.4 Å². The van der Waals surface area contributed by atoms with Gasteiger partial charge in [-0.15, -0.1) is 5.47 Å². The molecule has 0 aliphatic carbocycles. The highest BCUT2D eigenvalue weighted by Gasteiger charge is 2.21. The number of benzene rings is 1. The zero-order valence-corrected chi connectivity index (χ0v) is 11.2. The van der Waals surface area contributed by atoms with Crippen molar-refractivity contribution in [3.05, 3.63) is 64.6 Å². The van der Waals surface area contributed by atoms with E-state index in [0.29, 0.717) is 18.8 Å². The van der Waals surface area contributed by atoms with Crippen molar-refractivity contribution in [1.82, 2.24) is 4.98 Å². The molecule has 20 heavy (non-hydrogen) atoms. The van der Waals surface area contributed by atoms with Crippen LogP contribution in [0.25, 0.3) is 5.57 Å². The van der Waals surface area contributed by atoms with Crippen molar-refractivity contribution < 1.29 is 9.13 Å². The molecule has 2 nitrogen and oxygen atoms in total. The van der Waals surface area contributed by atoms with Crippen LogP contribution in [0.5, 0.6) is 5.75 Å². The lowest BCUT2D eigenvalue weighted by molar-refractivity contribution is 0.301. The van der Waals surface area contributed by atoms with Crippen LogP contribution in [0.3, 0.4) is 0 Å². The first-order valence-electron chi connectivity index (χ1n) is 6.56. The van der Waals surface area contributed by atoms with Crippen molar-refractivity contribution in [1.29, 1.82) is 0 Å². The summed E-state index contributed by atoms with van der Waals surface area (Å²) in [5.41, 5.74) is 4.23. The molecule has 0 bridgehead atoms. The Kier molecular flexibility index (Phi) is 3.31. The van der Waals surface area contributed by atoms with Gasteiger partial charge in [-0.25, -0.2) is 4.39 Å². The van der Waals surface area contributed by atoms with Gasteiger partial charge in [-0.05, 0) is 30.2 Å². The molecule has 0 saturated carbocycles. The van der Waals surface area contributed by atoms with Crippen LogP contribution in [0, 0.1) is 5.82 Å². The average molecular weight is 265 g/mol. The molecule has 0 atom stereocenters. The molecule has 2 heterocycles. The molecule has 1 aromatic carbocycles. The molecule has 0 spiro atoms. The number of nitrogens with zero attached hydrogens (tertiary/aromatic N) is 1. The van der Waals surface area contributed by atoms with Crippen molar-refractivity contribution in [3.8, 4) is 5.75 Å². The molecule has 0 saturated heterocycles. The predicted octanol–water partition coefficient (Wildman–Crippen LogP) is 3.45. The van der Waals surface area contributed by atoms with Crippen LogP contribution in [-0.2, 0) is 6.61 Å².